The molecule has 17 heavy (non-hydrogen) atoms. The van der Waals surface area contributed by atoms with Crippen molar-refractivity contribution in [3.8, 4) is 0 Å². The highest BCUT2D eigenvalue weighted by Crippen LogP contribution is 2.25. The zero-order valence-corrected chi connectivity index (χ0v) is 11.1. The maximum atomic E-state index is 12.8. The molecule has 0 aromatic rings. The van der Waals surface area contributed by atoms with E-state index in [1.165, 1.54) is 0 Å². The van der Waals surface area contributed by atoms with Gasteiger partial charge in [0, 0.05) is 6.42 Å². The largest absolute Gasteiger partial charge is 0.350 e. The van der Waals surface area contributed by atoms with Crippen LogP contribution in [-0.2, 0) is 4.79 Å². The van der Waals surface area contributed by atoms with E-state index in [2.05, 4.69) is 26.1 Å². The van der Waals surface area contributed by atoms with Crippen molar-refractivity contribution in [2.75, 3.05) is 13.1 Å². The van der Waals surface area contributed by atoms with Crippen molar-refractivity contribution in [3.63, 3.8) is 0 Å². The highest BCUT2D eigenvalue weighted by atomic mass is 19.3. The molecule has 0 rings (SSSR count). The fourth-order valence-corrected chi connectivity index (χ4v) is 1.81. The molecule has 3 N–H and O–H groups in total. The van der Waals surface area contributed by atoms with Gasteiger partial charge in [0.05, 0.1) is 13.1 Å². The van der Waals surface area contributed by atoms with E-state index in [4.69, 9.17) is 5.73 Å². The summed E-state index contributed by atoms with van der Waals surface area (Å²) in [5.41, 5.74) is 5.02. The van der Waals surface area contributed by atoms with Gasteiger partial charge in [-0.1, -0.05) is 27.7 Å². The van der Waals surface area contributed by atoms with Crippen LogP contribution >= 0.6 is 0 Å². The summed E-state index contributed by atoms with van der Waals surface area (Å²) < 4.78 is 25.6. The summed E-state index contributed by atoms with van der Waals surface area (Å²) in [5, 5.41) is 2.22. The van der Waals surface area contributed by atoms with Crippen LogP contribution in [-0.4, -0.2) is 24.9 Å². The van der Waals surface area contributed by atoms with Gasteiger partial charge >= 0.3 is 0 Å². The second-order valence-electron chi connectivity index (χ2n) is 5.91. The summed E-state index contributed by atoms with van der Waals surface area (Å²) in [6, 6.07) is 0. The first kappa shape index (κ1) is 16.3. The van der Waals surface area contributed by atoms with Gasteiger partial charge in [0.2, 0.25) is 5.91 Å². The lowest BCUT2D eigenvalue weighted by Crippen LogP contribution is -2.41. The van der Waals surface area contributed by atoms with Crippen LogP contribution in [0, 0.1) is 11.3 Å². The molecule has 0 radical (unpaired) electrons. The van der Waals surface area contributed by atoms with Crippen LogP contribution in [0.2, 0.25) is 0 Å². The van der Waals surface area contributed by atoms with Crippen LogP contribution in [0.4, 0.5) is 8.78 Å². The summed E-state index contributed by atoms with van der Waals surface area (Å²) in [5.74, 6) is -3.17. The number of hydrogen-bond acceptors (Lipinski definition) is 2. The molecular formula is C12H24F2N2O. The second kappa shape index (κ2) is 6.28. The zero-order chi connectivity index (χ0) is 13.7. The number of nitrogens with two attached hydrogens (primary N) is 1. The third-order valence-electron chi connectivity index (χ3n) is 2.34. The molecule has 1 amide bonds. The third kappa shape index (κ3) is 9.03. The van der Waals surface area contributed by atoms with Crippen molar-refractivity contribution in [3.05, 3.63) is 0 Å². The molecule has 0 aromatic heterocycles. The van der Waals surface area contributed by atoms with Crippen LogP contribution in [0.25, 0.3) is 0 Å². The standard InChI is InChI=1S/C12H24F2N2O/c1-9(6-11(2,3)4)5-10(17)16-8-12(13,14)7-15/h9H,5-8,15H2,1-4H3,(H,16,17). The quantitative estimate of drug-likeness (QED) is 0.759. The monoisotopic (exact) mass is 250 g/mol. The zero-order valence-electron chi connectivity index (χ0n) is 11.1. The molecule has 102 valence electrons. The molecule has 5 heteroatoms. The number of carbonyl (C=O) groups is 1. The fraction of sp³-hybridized carbons (Fsp3) is 0.917. The molecule has 1 unspecified atom stereocenters. The van der Waals surface area contributed by atoms with E-state index in [0.29, 0.717) is 0 Å². The van der Waals surface area contributed by atoms with Crippen molar-refractivity contribution in [2.45, 2.75) is 46.5 Å². The van der Waals surface area contributed by atoms with Crippen molar-refractivity contribution in [2.24, 2.45) is 17.1 Å². The predicted octanol–water partition coefficient (Wildman–Crippen LogP) is 2.16. The highest BCUT2D eigenvalue weighted by Gasteiger charge is 2.27. The molecule has 0 heterocycles. The Labute approximate surface area is 102 Å². The minimum absolute atomic E-state index is 0.140. The van der Waals surface area contributed by atoms with Crippen LogP contribution in [0.1, 0.15) is 40.5 Å². The molecule has 1 atom stereocenters. The van der Waals surface area contributed by atoms with Crippen LogP contribution in [0.3, 0.4) is 0 Å². The molecule has 0 bridgehead atoms. The topological polar surface area (TPSA) is 55.1 Å². The number of halogens is 2. The van der Waals surface area contributed by atoms with Gasteiger partial charge < -0.3 is 11.1 Å². The number of carbonyl (C=O) groups excluding carboxylic acids is 1. The van der Waals surface area contributed by atoms with Crippen LogP contribution < -0.4 is 11.1 Å². The number of hydrogen-bond donors (Lipinski definition) is 2. The Kier molecular flexibility index (Phi) is 6.02. The van der Waals surface area contributed by atoms with Crippen molar-refractivity contribution < 1.29 is 13.6 Å². The van der Waals surface area contributed by atoms with E-state index < -0.39 is 19.0 Å². The van der Waals surface area contributed by atoms with Gasteiger partial charge in [0.15, 0.2) is 0 Å². The van der Waals surface area contributed by atoms with E-state index in [0.717, 1.165) is 6.42 Å². The Balaban J connectivity index is 3.95. The Hall–Kier alpha value is -0.710. The summed E-state index contributed by atoms with van der Waals surface area (Å²) in [6.07, 6.45) is 1.16. The smallest absolute Gasteiger partial charge is 0.277 e. The maximum absolute atomic E-state index is 12.8. The average Bonchev–Trinajstić information content (AvgIpc) is 2.12. The molecule has 0 saturated heterocycles. The normalized spacial score (nSPS) is 14.5. The van der Waals surface area contributed by atoms with Gasteiger partial charge in [0.1, 0.15) is 0 Å². The molecule has 0 aliphatic carbocycles. The second-order valence-corrected chi connectivity index (χ2v) is 5.91. The molecular weight excluding hydrogens is 226 g/mol. The summed E-state index contributed by atoms with van der Waals surface area (Å²) in [4.78, 5) is 11.4. The SMILES string of the molecule is CC(CC(=O)NCC(F)(F)CN)CC(C)(C)C. The Morgan fingerprint density at radius 2 is 1.88 bits per heavy atom. The Morgan fingerprint density at radius 1 is 1.35 bits per heavy atom. The molecule has 0 saturated carbocycles. The predicted molar refractivity (Wildman–Crippen MR) is 64.9 cm³/mol. The molecule has 0 aliphatic heterocycles. The number of amides is 1. The molecule has 0 fully saturated rings. The van der Waals surface area contributed by atoms with E-state index in [1.54, 1.807) is 0 Å². The van der Waals surface area contributed by atoms with Gasteiger partial charge in [-0.3, -0.25) is 4.79 Å². The highest BCUT2D eigenvalue weighted by molar-refractivity contribution is 5.76. The number of alkyl halides is 2. The molecule has 0 spiro atoms. The first-order chi connectivity index (χ1) is 7.56. The van der Waals surface area contributed by atoms with Crippen molar-refractivity contribution >= 4 is 5.91 Å². The molecule has 3 nitrogen and oxygen atoms in total. The van der Waals surface area contributed by atoms with Gasteiger partial charge in [-0.25, -0.2) is 8.78 Å². The van der Waals surface area contributed by atoms with E-state index in [9.17, 15) is 13.6 Å². The van der Waals surface area contributed by atoms with E-state index >= 15 is 0 Å². The Morgan fingerprint density at radius 3 is 2.29 bits per heavy atom. The number of nitrogens with one attached hydrogen (secondary N) is 1. The summed E-state index contributed by atoms with van der Waals surface area (Å²) in [6.45, 7) is 6.79. The minimum Gasteiger partial charge on any atom is -0.350 e. The lowest BCUT2D eigenvalue weighted by Gasteiger charge is -2.23. The first-order valence-electron chi connectivity index (χ1n) is 5.90. The van der Waals surface area contributed by atoms with Crippen LogP contribution in [0.15, 0.2) is 0 Å². The fourth-order valence-electron chi connectivity index (χ4n) is 1.81. The lowest BCUT2D eigenvalue weighted by molar-refractivity contribution is -0.123. The van der Waals surface area contributed by atoms with Crippen molar-refractivity contribution in [1.29, 1.82) is 0 Å². The number of rotatable bonds is 6. The van der Waals surface area contributed by atoms with Gasteiger partial charge in [-0.2, -0.15) is 0 Å². The molecule has 0 aliphatic rings. The third-order valence-corrected chi connectivity index (χ3v) is 2.34. The first-order valence-corrected chi connectivity index (χ1v) is 5.90. The van der Waals surface area contributed by atoms with E-state index in [1.807, 2.05) is 6.92 Å². The van der Waals surface area contributed by atoms with Crippen LogP contribution in [0.5, 0.6) is 0 Å². The maximum Gasteiger partial charge on any atom is 0.277 e. The lowest BCUT2D eigenvalue weighted by atomic mass is 9.84. The summed E-state index contributed by atoms with van der Waals surface area (Å²) in [7, 11) is 0. The van der Waals surface area contributed by atoms with Gasteiger partial charge in [-0.05, 0) is 17.8 Å². The molecule has 0 aromatic carbocycles. The Bertz CT molecular complexity index is 249. The summed E-state index contributed by atoms with van der Waals surface area (Å²) >= 11 is 0. The average molecular weight is 250 g/mol. The minimum atomic E-state index is -3.01. The van der Waals surface area contributed by atoms with Gasteiger partial charge in [0.25, 0.3) is 5.92 Å². The van der Waals surface area contributed by atoms with E-state index in [-0.39, 0.29) is 23.7 Å². The van der Waals surface area contributed by atoms with Crippen molar-refractivity contribution in [1.82, 2.24) is 5.32 Å². The van der Waals surface area contributed by atoms with Gasteiger partial charge in [-0.15, -0.1) is 0 Å².